The number of phosphoric ester groups is 1. The van der Waals surface area contributed by atoms with E-state index in [4.69, 9.17) is 4.52 Å². The van der Waals surface area contributed by atoms with E-state index in [1.807, 2.05) is 0 Å². The molecule has 0 N–H and O–H groups in total. The Balaban J connectivity index is 3.47. The summed E-state index contributed by atoms with van der Waals surface area (Å²) in [4.78, 5) is 0. The topological polar surface area (TPSA) is 71.1 Å². The smallest absolute Gasteiger partial charge is 0.290 e. The predicted octanol–water partition coefficient (Wildman–Crippen LogP) is 2.96. The van der Waals surface area contributed by atoms with Crippen LogP contribution in [0.4, 0.5) is 0 Å². The van der Waals surface area contributed by atoms with Crippen LogP contribution in [-0.4, -0.2) is 34.1 Å². The van der Waals surface area contributed by atoms with Crippen LogP contribution < -0.4 is 0 Å². The molecule has 0 aliphatic heterocycles. The van der Waals surface area contributed by atoms with Crippen LogP contribution in [0.1, 0.15) is 19.3 Å². The standard InChI is InChI=1S/C8H19O6P2/c1-11-15(9)8-6-4-5-7-14-16(10,12-2)13-3/h4-8H2,1-3H3/q+1. The fraction of sp³-hybridized carbons (Fsp3) is 1.00. The van der Waals surface area contributed by atoms with Gasteiger partial charge in [-0.25, -0.2) is 4.57 Å². The molecular weight excluding hydrogens is 254 g/mol. The Morgan fingerprint density at radius 3 is 2.19 bits per heavy atom. The van der Waals surface area contributed by atoms with Crippen molar-refractivity contribution in [3.63, 3.8) is 0 Å². The van der Waals surface area contributed by atoms with E-state index >= 15 is 0 Å². The molecule has 8 heteroatoms. The molecule has 0 amide bonds. The summed E-state index contributed by atoms with van der Waals surface area (Å²) in [6, 6.07) is 0. The Labute approximate surface area is 97.1 Å². The SMILES string of the molecule is CO[P+](=O)CCCCCOP(=O)(OC)OC. The van der Waals surface area contributed by atoms with Crippen LogP contribution in [0.5, 0.6) is 0 Å². The molecule has 0 rings (SSSR count). The summed E-state index contributed by atoms with van der Waals surface area (Å²) >= 11 is 0. The highest BCUT2D eigenvalue weighted by Gasteiger charge is 2.22. The van der Waals surface area contributed by atoms with E-state index in [0.717, 1.165) is 12.8 Å². The lowest BCUT2D eigenvalue weighted by molar-refractivity contribution is 0.150. The van der Waals surface area contributed by atoms with Crippen molar-refractivity contribution in [2.24, 2.45) is 0 Å². The molecule has 6 nitrogen and oxygen atoms in total. The van der Waals surface area contributed by atoms with Gasteiger partial charge in [-0.1, -0.05) is 0 Å². The highest BCUT2D eigenvalue weighted by Crippen LogP contribution is 2.47. The molecule has 0 saturated carbocycles. The first-order valence-corrected chi connectivity index (χ1v) is 7.75. The minimum atomic E-state index is -3.34. The summed E-state index contributed by atoms with van der Waals surface area (Å²) in [5.41, 5.74) is 0. The molecule has 0 bridgehead atoms. The lowest BCUT2D eigenvalue weighted by Gasteiger charge is -2.12. The van der Waals surface area contributed by atoms with Crippen molar-refractivity contribution in [1.29, 1.82) is 0 Å². The fourth-order valence-electron chi connectivity index (χ4n) is 0.967. The monoisotopic (exact) mass is 273 g/mol. The van der Waals surface area contributed by atoms with E-state index in [1.54, 1.807) is 0 Å². The summed E-state index contributed by atoms with van der Waals surface area (Å²) in [5.74, 6) is 0. The van der Waals surface area contributed by atoms with E-state index in [0.29, 0.717) is 19.2 Å². The van der Waals surface area contributed by atoms with Crippen molar-refractivity contribution in [2.75, 3.05) is 34.1 Å². The van der Waals surface area contributed by atoms with Crippen molar-refractivity contribution in [3.05, 3.63) is 0 Å². The van der Waals surface area contributed by atoms with Crippen molar-refractivity contribution < 1.29 is 27.2 Å². The lowest BCUT2D eigenvalue weighted by Crippen LogP contribution is -1.97. The van der Waals surface area contributed by atoms with Gasteiger partial charge < -0.3 is 0 Å². The van der Waals surface area contributed by atoms with Gasteiger partial charge in [0.05, 0.1) is 13.7 Å². The summed E-state index contributed by atoms with van der Waals surface area (Å²) in [5, 5.41) is 0. The Morgan fingerprint density at radius 2 is 1.69 bits per heavy atom. The summed E-state index contributed by atoms with van der Waals surface area (Å²) in [7, 11) is -0.891. The molecule has 0 fully saturated rings. The quantitative estimate of drug-likeness (QED) is 0.450. The Bertz CT molecular complexity index is 237. The second-order valence-electron chi connectivity index (χ2n) is 2.95. The number of rotatable bonds is 10. The molecule has 0 aliphatic rings. The van der Waals surface area contributed by atoms with E-state index in [-0.39, 0.29) is 0 Å². The van der Waals surface area contributed by atoms with E-state index in [2.05, 4.69) is 13.6 Å². The molecule has 0 aliphatic carbocycles. The van der Waals surface area contributed by atoms with Crippen LogP contribution in [0.25, 0.3) is 0 Å². The molecule has 0 aromatic carbocycles. The molecule has 0 spiro atoms. The number of unbranched alkanes of at least 4 members (excludes halogenated alkanes) is 2. The van der Waals surface area contributed by atoms with Gasteiger partial charge in [0.1, 0.15) is 0 Å². The molecule has 1 atom stereocenters. The van der Waals surface area contributed by atoms with Gasteiger partial charge in [-0.05, 0) is 23.8 Å². The molecule has 96 valence electrons. The molecule has 0 heterocycles. The van der Waals surface area contributed by atoms with Crippen molar-refractivity contribution in [3.8, 4) is 0 Å². The van der Waals surface area contributed by atoms with Crippen LogP contribution in [0.15, 0.2) is 0 Å². The second kappa shape index (κ2) is 9.23. The van der Waals surface area contributed by atoms with Crippen molar-refractivity contribution in [2.45, 2.75) is 19.3 Å². The highest BCUT2D eigenvalue weighted by molar-refractivity contribution is 7.48. The average molecular weight is 273 g/mol. The molecular formula is C8H19O6P2+. The van der Waals surface area contributed by atoms with E-state index < -0.39 is 15.9 Å². The zero-order chi connectivity index (χ0) is 12.4. The molecule has 0 aromatic heterocycles. The first-order chi connectivity index (χ1) is 7.58. The van der Waals surface area contributed by atoms with Crippen molar-refractivity contribution in [1.82, 2.24) is 0 Å². The first-order valence-electron chi connectivity index (χ1n) is 4.93. The Morgan fingerprint density at radius 1 is 1.06 bits per heavy atom. The normalized spacial score (nSPS) is 12.8. The third-order valence-electron chi connectivity index (χ3n) is 1.89. The summed E-state index contributed by atoms with van der Waals surface area (Å²) in [6.45, 7) is 0.294. The number of phosphoric acid groups is 1. The van der Waals surface area contributed by atoms with Crippen LogP contribution in [0.2, 0.25) is 0 Å². The first kappa shape index (κ1) is 16.2. The molecule has 1 unspecified atom stereocenters. The van der Waals surface area contributed by atoms with E-state index in [1.165, 1.54) is 21.3 Å². The van der Waals surface area contributed by atoms with Gasteiger partial charge in [-0.3, -0.25) is 13.6 Å². The van der Waals surface area contributed by atoms with Gasteiger partial charge in [0.15, 0.2) is 6.16 Å². The Hall–Kier alpha value is 0.170. The highest BCUT2D eigenvalue weighted by atomic mass is 31.2. The van der Waals surface area contributed by atoms with Crippen LogP contribution in [0, 0.1) is 0 Å². The average Bonchev–Trinajstić information content (AvgIpc) is 2.32. The van der Waals surface area contributed by atoms with Gasteiger partial charge >= 0.3 is 15.9 Å². The minimum absolute atomic E-state index is 0.294. The third kappa shape index (κ3) is 7.44. The maximum Gasteiger partial charge on any atom is 0.507 e. The second-order valence-corrected chi connectivity index (χ2v) is 6.31. The molecule has 0 radical (unpaired) electrons. The van der Waals surface area contributed by atoms with Gasteiger partial charge in [-0.2, -0.15) is 0 Å². The van der Waals surface area contributed by atoms with E-state index in [9.17, 15) is 9.13 Å². The number of hydrogen-bond acceptors (Lipinski definition) is 6. The predicted molar refractivity (Wildman–Crippen MR) is 60.9 cm³/mol. The lowest BCUT2D eigenvalue weighted by atomic mass is 10.3. The third-order valence-corrected chi connectivity index (χ3v) is 4.37. The Kier molecular flexibility index (Phi) is 9.32. The van der Waals surface area contributed by atoms with Gasteiger partial charge in [0.25, 0.3) is 0 Å². The number of hydrogen-bond donors (Lipinski definition) is 0. The minimum Gasteiger partial charge on any atom is -0.290 e. The zero-order valence-electron chi connectivity index (χ0n) is 9.88. The largest absolute Gasteiger partial charge is 0.507 e. The van der Waals surface area contributed by atoms with Gasteiger partial charge in [0.2, 0.25) is 0 Å². The molecule has 0 aromatic rings. The van der Waals surface area contributed by atoms with Gasteiger partial charge in [0, 0.05) is 14.2 Å². The summed E-state index contributed by atoms with van der Waals surface area (Å²) in [6.07, 6.45) is 2.87. The van der Waals surface area contributed by atoms with Gasteiger partial charge in [-0.15, -0.1) is 4.52 Å². The van der Waals surface area contributed by atoms with Crippen molar-refractivity contribution >= 4 is 15.9 Å². The molecule has 16 heavy (non-hydrogen) atoms. The maximum atomic E-state index is 11.4. The zero-order valence-corrected chi connectivity index (χ0v) is 11.7. The van der Waals surface area contributed by atoms with Crippen LogP contribution >= 0.6 is 15.9 Å². The fourth-order valence-corrected chi connectivity index (χ4v) is 2.34. The molecule has 0 saturated heterocycles. The maximum absolute atomic E-state index is 11.4. The summed E-state index contributed by atoms with van der Waals surface area (Å²) < 4.78 is 41.1. The van der Waals surface area contributed by atoms with Crippen LogP contribution in [0.3, 0.4) is 0 Å². The van der Waals surface area contributed by atoms with Crippen LogP contribution in [-0.2, 0) is 27.2 Å².